The smallest absolute Gasteiger partial charge is 0.340 e. The lowest BCUT2D eigenvalue weighted by Crippen LogP contribution is -2.37. The van der Waals surface area contributed by atoms with Crippen molar-refractivity contribution in [1.29, 1.82) is 0 Å². The molecule has 5 rings (SSSR count). The summed E-state index contributed by atoms with van der Waals surface area (Å²) in [6.45, 7) is 0.482. The lowest BCUT2D eigenvalue weighted by Gasteiger charge is -2.36. The minimum atomic E-state index is -1.30. The molecule has 0 saturated heterocycles. The van der Waals surface area contributed by atoms with Gasteiger partial charge in [0.2, 0.25) is 0 Å². The van der Waals surface area contributed by atoms with Crippen molar-refractivity contribution in [2.75, 3.05) is 17.2 Å². The number of benzene rings is 3. The van der Waals surface area contributed by atoms with E-state index in [9.17, 15) is 15.0 Å². The molecule has 0 fully saturated rings. The van der Waals surface area contributed by atoms with Crippen LogP contribution in [0.25, 0.3) is 0 Å². The molecule has 162 valence electrons. The van der Waals surface area contributed by atoms with E-state index in [2.05, 4.69) is 12.6 Å². The van der Waals surface area contributed by atoms with Crippen LogP contribution >= 0.6 is 24.8 Å². The number of nitrogens with two attached hydrogens (primary N) is 1. The third kappa shape index (κ3) is 2.89. The van der Waals surface area contributed by atoms with Crippen LogP contribution in [0.1, 0.15) is 27.0 Å². The lowest BCUT2D eigenvalue weighted by atomic mass is 9.77. The fourth-order valence-corrected chi connectivity index (χ4v) is 4.72. The summed E-state index contributed by atoms with van der Waals surface area (Å²) in [5.41, 5.74) is 7.33. The van der Waals surface area contributed by atoms with Crippen molar-refractivity contribution >= 4 is 41.6 Å². The van der Waals surface area contributed by atoms with Crippen LogP contribution in [0.4, 0.5) is 5.69 Å². The van der Waals surface area contributed by atoms with E-state index in [0.717, 1.165) is 0 Å². The zero-order valence-electron chi connectivity index (χ0n) is 16.6. The molecule has 32 heavy (non-hydrogen) atoms. The van der Waals surface area contributed by atoms with E-state index in [1.165, 1.54) is 24.3 Å². The second-order valence-corrected chi connectivity index (χ2v) is 8.34. The van der Waals surface area contributed by atoms with Crippen molar-refractivity contribution in [1.82, 2.24) is 0 Å². The third-order valence-electron chi connectivity index (χ3n) is 5.66. The summed E-state index contributed by atoms with van der Waals surface area (Å²) in [6.07, 6.45) is 0. The van der Waals surface area contributed by atoms with E-state index in [1.807, 2.05) is 6.07 Å². The summed E-state index contributed by atoms with van der Waals surface area (Å²) >= 11 is 9.42. The fraction of sp³-hybridized carbons (Fsp3) is 0.130. The van der Waals surface area contributed by atoms with Gasteiger partial charge in [0.25, 0.3) is 0 Å². The normalized spacial score (nSPS) is 14.7. The molecule has 3 aromatic rings. The highest BCUT2D eigenvalue weighted by molar-refractivity contribution is 7.80. The van der Waals surface area contributed by atoms with Gasteiger partial charge in [-0.1, -0.05) is 6.07 Å². The highest BCUT2D eigenvalue weighted by atomic mass is 32.1. The monoisotopic (exact) mass is 466 g/mol. The zero-order valence-corrected chi connectivity index (χ0v) is 18.3. The molecule has 2 aliphatic rings. The first-order valence-electron chi connectivity index (χ1n) is 9.75. The summed E-state index contributed by atoms with van der Waals surface area (Å²) in [4.78, 5) is 14.8. The molecular weight excluding hydrogens is 448 g/mol. The number of anilines is 1. The molecule has 9 heteroatoms. The van der Waals surface area contributed by atoms with Crippen LogP contribution in [0.5, 0.6) is 23.0 Å². The standard InChI is InChI=1S/C23H18N2O5S2/c24-22(32)25(7-8-31)12-1-4-16-15(9-12)21(28)30-23(16)17-5-2-13(26)10-19(17)29-20-11-14(27)3-6-18(20)23/h1-6,9-11,26-27,31H,7-8H2,(H2,24,32). The topological polar surface area (TPSA) is 105 Å². The maximum absolute atomic E-state index is 13.1. The quantitative estimate of drug-likeness (QED) is 0.263. The lowest BCUT2D eigenvalue weighted by molar-refractivity contribution is 0.0224. The average molecular weight is 467 g/mol. The van der Waals surface area contributed by atoms with Crippen molar-refractivity contribution in [2.24, 2.45) is 5.73 Å². The molecule has 3 aromatic carbocycles. The fourth-order valence-electron chi connectivity index (χ4n) is 4.33. The Morgan fingerprint density at radius 2 is 1.59 bits per heavy atom. The van der Waals surface area contributed by atoms with Gasteiger partial charge in [-0.2, -0.15) is 12.6 Å². The second-order valence-electron chi connectivity index (χ2n) is 7.48. The Morgan fingerprint density at radius 3 is 2.16 bits per heavy atom. The Labute approximate surface area is 194 Å². The maximum atomic E-state index is 13.1. The number of carbonyl (C=O) groups excluding carboxylic acids is 1. The third-order valence-corrected chi connectivity index (χ3v) is 6.08. The highest BCUT2D eigenvalue weighted by Gasteiger charge is 2.53. The number of phenols is 2. The van der Waals surface area contributed by atoms with E-state index in [-0.39, 0.29) is 16.6 Å². The molecule has 0 radical (unpaired) electrons. The van der Waals surface area contributed by atoms with Crippen LogP contribution in [0, 0.1) is 0 Å². The number of hydrogen-bond acceptors (Lipinski definition) is 7. The molecule has 0 saturated carbocycles. The van der Waals surface area contributed by atoms with E-state index in [0.29, 0.717) is 51.7 Å². The number of thiol groups is 1. The van der Waals surface area contributed by atoms with Crippen LogP contribution in [0.2, 0.25) is 0 Å². The summed E-state index contributed by atoms with van der Waals surface area (Å²) in [6, 6.07) is 14.6. The molecule has 0 atom stereocenters. The number of rotatable bonds is 3. The molecule has 0 aliphatic carbocycles. The molecule has 0 bridgehead atoms. The highest BCUT2D eigenvalue weighted by Crippen LogP contribution is 2.57. The minimum Gasteiger partial charge on any atom is -0.508 e. The summed E-state index contributed by atoms with van der Waals surface area (Å²) < 4.78 is 12.0. The van der Waals surface area contributed by atoms with Crippen molar-refractivity contribution < 1.29 is 24.5 Å². The van der Waals surface area contributed by atoms with E-state index in [4.69, 9.17) is 27.4 Å². The molecule has 4 N–H and O–H groups in total. The maximum Gasteiger partial charge on any atom is 0.340 e. The van der Waals surface area contributed by atoms with Crippen molar-refractivity contribution in [2.45, 2.75) is 5.60 Å². The number of esters is 1. The zero-order chi connectivity index (χ0) is 22.6. The van der Waals surface area contributed by atoms with Gasteiger partial charge in [-0.25, -0.2) is 4.79 Å². The summed E-state index contributed by atoms with van der Waals surface area (Å²) in [5, 5.41) is 20.2. The second kappa shape index (κ2) is 7.32. The first-order chi connectivity index (χ1) is 15.3. The van der Waals surface area contributed by atoms with Crippen LogP contribution in [-0.4, -0.2) is 33.6 Å². The number of nitrogens with zero attached hydrogens (tertiary/aromatic N) is 1. The van der Waals surface area contributed by atoms with E-state index >= 15 is 0 Å². The van der Waals surface area contributed by atoms with Crippen LogP contribution in [0.15, 0.2) is 54.6 Å². The Hall–Kier alpha value is -3.43. The van der Waals surface area contributed by atoms with E-state index in [1.54, 1.807) is 29.2 Å². The Bertz CT molecular complexity index is 1240. The first kappa shape index (κ1) is 20.5. The summed E-state index contributed by atoms with van der Waals surface area (Å²) in [7, 11) is 0. The molecule has 7 nitrogen and oxygen atoms in total. The Morgan fingerprint density at radius 1 is 1.00 bits per heavy atom. The number of aromatic hydroxyl groups is 2. The van der Waals surface area contributed by atoms with Crippen LogP contribution in [-0.2, 0) is 10.3 Å². The first-order valence-corrected chi connectivity index (χ1v) is 10.8. The molecular formula is C23H18N2O5S2. The summed E-state index contributed by atoms with van der Waals surface area (Å²) in [5.74, 6) is 0.659. The van der Waals surface area contributed by atoms with Gasteiger partial charge in [0, 0.05) is 46.8 Å². The molecule has 1 spiro atoms. The minimum absolute atomic E-state index is 0.00116. The Kier molecular flexibility index (Phi) is 4.68. The van der Waals surface area contributed by atoms with Gasteiger partial charge in [0.05, 0.1) is 5.56 Å². The molecule has 2 heterocycles. The number of carbonyl (C=O) groups is 1. The van der Waals surface area contributed by atoms with Gasteiger partial charge < -0.3 is 30.3 Å². The predicted octanol–water partition coefficient (Wildman–Crippen LogP) is 3.65. The average Bonchev–Trinajstić information content (AvgIpc) is 3.04. The molecule has 2 aliphatic heterocycles. The van der Waals surface area contributed by atoms with Gasteiger partial charge in [0.15, 0.2) is 10.7 Å². The largest absolute Gasteiger partial charge is 0.508 e. The molecule has 0 unspecified atom stereocenters. The molecule has 0 amide bonds. The number of hydrogen-bond donors (Lipinski definition) is 4. The van der Waals surface area contributed by atoms with Gasteiger partial charge in [-0.15, -0.1) is 0 Å². The molecule has 0 aromatic heterocycles. The van der Waals surface area contributed by atoms with Gasteiger partial charge in [0.1, 0.15) is 23.0 Å². The van der Waals surface area contributed by atoms with Gasteiger partial charge >= 0.3 is 5.97 Å². The van der Waals surface area contributed by atoms with Crippen molar-refractivity contribution in [3.05, 3.63) is 76.9 Å². The van der Waals surface area contributed by atoms with Crippen molar-refractivity contribution in [3.8, 4) is 23.0 Å². The predicted molar refractivity (Wildman–Crippen MR) is 126 cm³/mol. The van der Waals surface area contributed by atoms with Crippen LogP contribution < -0.4 is 15.4 Å². The number of thiocarbonyl (C=S) groups is 1. The number of fused-ring (bicyclic) bond motifs is 6. The van der Waals surface area contributed by atoms with Gasteiger partial charge in [-0.05, 0) is 48.6 Å². The van der Waals surface area contributed by atoms with Crippen LogP contribution in [0.3, 0.4) is 0 Å². The SMILES string of the molecule is NC(=S)N(CCS)c1ccc2c(c1)C(=O)OC21c2ccc(O)cc2Oc2cc(O)ccc21. The van der Waals surface area contributed by atoms with Gasteiger partial charge in [-0.3, -0.25) is 0 Å². The van der Waals surface area contributed by atoms with E-state index < -0.39 is 11.6 Å². The van der Waals surface area contributed by atoms with Crippen molar-refractivity contribution in [3.63, 3.8) is 0 Å². The Balaban J connectivity index is 1.76. The number of phenolic OH excluding ortho intramolecular Hbond substituents is 2. The number of ether oxygens (including phenoxy) is 2.